The zero-order chi connectivity index (χ0) is 20.7. The van der Waals surface area contributed by atoms with Crippen molar-refractivity contribution in [2.75, 3.05) is 5.75 Å². The fourth-order valence-corrected chi connectivity index (χ4v) is 5.42. The second-order valence-corrected chi connectivity index (χ2v) is 10.3. The summed E-state index contributed by atoms with van der Waals surface area (Å²) < 4.78 is 0.725. The summed E-state index contributed by atoms with van der Waals surface area (Å²) in [6.07, 6.45) is 8.80. The molecule has 0 aromatic carbocycles. The van der Waals surface area contributed by atoms with Gasteiger partial charge in [0.2, 0.25) is 0 Å². The first kappa shape index (κ1) is 23.1. The first-order valence-electron chi connectivity index (χ1n) is 9.95. The number of aliphatic hydroxyl groups is 1. The van der Waals surface area contributed by atoms with Crippen molar-refractivity contribution in [2.24, 2.45) is 17.3 Å². The van der Waals surface area contributed by atoms with Gasteiger partial charge in [0.05, 0.1) is 6.10 Å². The van der Waals surface area contributed by atoms with Crippen molar-refractivity contribution in [1.29, 1.82) is 0 Å². The summed E-state index contributed by atoms with van der Waals surface area (Å²) >= 11 is 2.83. The Hall–Kier alpha value is -1.18. The van der Waals surface area contributed by atoms with Gasteiger partial charge in [0, 0.05) is 23.5 Å². The standard InChI is InChI=1S/C21H31NO4S2/c1-4-5-11-21(2,3)18(24)9-7-14-6-8-17(23)15(14)10-12-27-20-22-16(13-28-20)19(25)26/h7,9,13-15,18,24H,4-6,8,10-12H2,1-3H3,(H,25,26)/t14-,15-,18-/m1/s1. The number of aliphatic hydroxyl groups excluding tert-OH is 1. The van der Waals surface area contributed by atoms with Gasteiger partial charge in [-0.05, 0) is 30.6 Å². The Labute approximate surface area is 175 Å². The molecule has 1 aromatic heterocycles. The van der Waals surface area contributed by atoms with Crippen LogP contribution in [0.15, 0.2) is 21.9 Å². The minimum Gasteiger partial charge on any atom is -0.476 e. The molecule has 0 radical (unpaired) electrons. The second-order valence-electron chi connectivity index (χ2n) is 8.14. The maximum atomic E-state index is 12.3. The van der Waals surface area contributed by atoms with Gasteiger partial charge in [0.1, 0.15) is 5.78 Å². The fraction of sp³-hybridized carbons (Fsp3) is 0.667. The number of carboxylic acid groups (broad SMARTS) is 1. The summed E-state index contributed by atoms with van der Waals surface area (Å²) in [5.41, 5.74) is -0.0856. The van der Waals surface area contributed by atoms with Crippen LogP contribution in [0.5, 0.6) is 0 Å². The van der Waals surface area contributed by atoms with Crippen molar-refractivity contribution in [3.63, 3.8) is 0 Å². The number of Topliss-reactive ketones (excluding diaryl/α,β-unsaturated/α-hetero) is 1. The summed E-state index contributed by atoms with van der Waals surface area (Å²) in [7, 11) is 0. The zero-order valence-electron chi connectivity index (χ0n) is 16.9. The quantitative estimate of drug-likeness (QED) is 0.381. The van der Waals surface area contributed by atoms with E-state index in [1.165, 1.54) is 23.1 Å². The Morgan fingerprint density at radius 1 is 1.50 bits per heavy atom. The van der Waals surface area contributed by atoms with Gasteiger partial charge in [0.25, 0.3) is 0 Å². The van der Waals surface area contributed by atoms with Crippen LogP contribution >= 0.6 is 23.1 Å². The number of carbonyl (C=O) groups is 2. The summed E-state index contributed by atoms with van der Waals surface area (Å²) in [4.78, 5) is 27.3. The van der Waals surface area contributed by atoms with E-state index < -0.39 is 12.1 Å². The predicted octanol–water partition coefficient (Wildman–Crippen LogP) is 5.05. The third-order valence-corrected chi connectivity index (χ3v) is 7.58. The third kappa shape index (κ3) is 6.42. The maximum absolute atomic E-state index is 12.3. The molecule has 0 saturated heterocycles. The van der Waals surface area contributed by atoms with Crippen LogP contribution in [-0.2, 0) is 4.79 Å². The summed E-state index contributed by atoms with van der Waals surface area (Å²) in [6.45, 7) is 6.33. The van der Waals surface area contributed by atoms with Gasteiger partial charge in [-0.15, -0.1) is 11.3 Å². The van der Waals surface area contributed by atoms with Gasteiger partial charge in [-0.1, -0.05) is 57.5 Å². The Morgan fingerprint density at radius 3 is 2.89 bits per heavy atom. The highest BCUT2D eigenvalue weighted by molar-refractivity contribution is 8.01. The van der Waals surface area contributed by atoms with Gasteiger partial charge in [-0.2, -0.15) is 0 Å². The lowest BCUT2D eigenvalue weighted by Gasteiger charge is -2.29. The number of rotatable bonds is 11. The molecular weight excluding hydrogens is 394 g/mol. The fourth-order valence-electron chi connectivity index (χ4n) is 3.52. The molecule has 0 amide bonds. The van der Waals surface area contributed by atoms with Crippen LogP contribution in [0.2, 0.25) is 0 Å². The molecule has 1 aromatic rings. The Balaban J connectivity index is 1.88. The van der Waals surface area contributed by atoms with E-state index >= 15 is 0 Å². The number of aromatic carboxylic acids is 1. The van der Waals surface area contributed by atoms with E-state index in [2.05, 4.69) is 25.8 Å². The molecule has 1 aliphatic rings. The van der Waals surface area contributed by atoms with Crippen molar-refractivity contribution in [2.45, 2.75) is 69.7 Å². The van der Waals surface area contributed by atoms with E-state index in [9.17, 15) is 14.7 Å². The lowest BCUT2D eigenvalue weighted by molar-refractivity contribution is -0.121. The average Bonchev–Trinajstić information content (AvgIpc) is 3.26. The van der Waals surface area contributed by atoms with Crippen LogP contribution in [0.1, 0.15) is 69.8 Å². The molecule has 0 aliphatic heterocycles. The molecule has 7 heteroatoms. The number of allylic oxidation sites excluding steroid dienone is 1. The molecule has 1 heterocycles. The van der Waals surface area contributed by atoms with E-state index in [1.807, 2.05) is 12.2 Å². The van der Waals surface area contributed by atoms with E-state index in [1.54, 1.807) is 5.38 Å². The average molecular weight is 426 g/mol. The number of carboxylic acids is 1. The smallest absolute Gasteiger partial charge is 0.355 e. The highest BCUT2D eigenvalue weighted by atomic mass is 32.2. The number of thioether (sulfide) groups is 1. The van der Waals surface area contributed by atoms with Crippen molar-refractivity contribution in [1.82, 2.24) is 4.98 Å². The predicted molar refractivity (Wildman–Crippen MR) is 114 cm³/mol. The van der Waals surface area contributed by atoms with Crippen molar-refractivity contribution in [3.05, 3.63) is 23.2 Å². The van der Waals surface area contributed by atoms with E-state index in [4.69, 9.17) is 5.11 Å². The highest BCUT2D eigenvalue weighted by Gasteiger charge is 2.33. The topological polar surface area (TPSA) is 87.5 Å². The van der Waals surface area contributed by atoms with Gasteiger partial charge in [-0.25, -0.2) is 9.78 Å². The molecule has 0 unspecified atom stereocenters. The molecule has 156 valence electrons. The largest absolute Gasteiger partial charge is 0.476 e. The lowest BCUT2D eigenvalue weighted by atomic mass is 9.80. The van der Waals surface area contributed by atoms with Crippen LogP contribution in [-0.4, -0.2) is 38.8 Å². The molecule has 1 saturated carbocycles. The minimum atomic E-state index is -1.01. The minimum absolute atomic E-state index is 0.0198. The van der Waals surface area contributed by atoms with Crippen LogP contribution in [0.3, 0.4) is 0 Å². The van der Waals surface area contributed by atoms with E-state index in [0.29, 0.717) is 12.2 Å². The molecule has 0 bridgehead atoms. The molecule has 5 nitrogen and oxygen atoms in total. The van der Waals surface area contributed by atoms with Gasteiger partial charge >= 0.3 is 5.97 Å². The first-order chi connectivity index (χ1) is 13.2. The molecule has 2 rings (SSSR count). The summed E-state index contributed by atoms with van der Waals surface area (Å²) in [5.74, 6) is 0.168. The Kier molecular flexibility index (Phi) is 8.71. The number of thiazole rings is 1. The molecule has 0 spiro atoms. The number of ketones is 1. The van der Waals surface area contributed by atoms with Crippen LogP contribution in [0.4, 0.5) is 0 Å². The summed E-state index contributed by atoms with van der Waals surface area (Å²) in [5, 5.41) is 21.0. The van der Waals surface area contributed by atoms with E-state index in [-0.39, 0.29) is 22.9 Å². The maximum Gasteiger partial charge on any atom is 0.355 e. The van der Waals surface area contributed by atoms with Crippen LogP contribution in [0, 0.1) is 17.3 Å². The number of carbonyl (C=O) groups excluding carboxylic acids is 1. The molecule has 1 aliphatic carbocycles. The van der Waals surface area contributed by atoms with Gasteiger partial charge in [0.15, 0.2) is 10.0 Å². The van der Waals surface area contributed by atoms with Crippen molar-refractivity contribution < 1.29 is 19.8 Å². The number of hydrogen-bond acceptors (Lipinski definition) is 6. The normalized spacial score (nSPS) is 21.5. The number of unbranched alkanes of at least 4 members (excludes halogenated alkanes) is 1. The Bertz CT molecular complexity index is 698. The molecule has 28 heavy (non-hydrogen) atoms. The van der Waals surface area contributed by atoms with E-state index in [0.717, 1.165) is 42.2 Å². The number of nitrogens with zero attached hydrogens (tertiary/aromatic N) is 1. The SMILES string of the molecule is CCCCC(C)(C)[C@H](O)C=C[C@H]1CCC(=O)[C@@H]1CCSc1nc(C(=O)O)cs1. The Morgan fingerprint density at radius 2 is 2.25 bits per heavy atom. The molecule has 1 fully saturated rings. The van der Waals surface area contributed by atoms with Crippen LogP contribution in [0.25, 0.3) is 0 Å². The summed E-state index contributed by atoms with van der Waals surface area (Å²) in [6, 6.07) is 0. The molecule has 2 N–H and O–H groups in total. The first-order valence-corrected chi connectivity index (χ1v) is 11.8. The number of hydrogen-bond donors (Lipinski definition) is 2. The van der Waals surface area contributed by atoms with Gasteiger partial charge < -0.3 is 10.2 Å². The monoisotopic (exact) mass is 425 g/mol. The lowest BCUT2D eigenvalue weighted by Crippen LogP contribution is -2.27. The molecule has 3 atom stereocenters. The second kappa shape index (κ2) is 10.6. The number of aromatic nitrogens is 1. The van der Waals surface area contributed by atoms with Crippen LogP contribution < -0.4 is 0 Å². The van der Waals surface area contributed by atoms with Crippen molar-refractivity contribution in [3.8, 4) is 0 Å². The molecular formula is C21H31NO4S2. The van der Waals surface area contributed by atoms with Gasteiger partial charge in [-0.3, -0.25) is 4.79 Å². The van der Waals surface area contributed by atoms with Crippen molar-refractivity contribution >= 4 is 34.9 Å². The zero-order valence-corrected chi connectivity index (χ0v) is 18.5. The highest BCUT2D eigenvalue weighted by Crippen LogP contribution is 2.36. The third-order valence-electron chi connectivity index (χ3n) is 5.53.